The Hall–Kier alpha value is -1.50. The van der Waals surface area contributed by atoms with Crippen LogP contribution in [0.2, 0.25) is 0 Å². The van der Waals surface area contributed by atoms with Gasteiger partial charge in [-0.3, -0.25) is 0 Å². The van der Waals surface area contributed by atoms with Crippen LogP contribution in [0.4, 0.5) is 0 Å². The van der Waals surface area contributed by atoms with Gasteiger partial charge in [0.15, 0.2) is 6.17 Å². The lowest BCUT2D eigenvalue weighted by atomic mass is 10.1. The summed E-state index contributed by atoms with van der Waals surface area (Å²) in [6.07, 6.45) is 20.9. The van der Waals surface area contributed by atoms with Crippen LogP contribution in [-0.2, 0) is 9.59 Å². The van der Waals surface area contributed by atoms with Gasteiger partial charge in [-0.1, -0.05) is 57.6 Å². The molecule has 0 amide bonds. The minimum absolute atomic E-state index is 0.581. The van der Waals surface area contributed by atoms with Crippen LogP contribution in [0.15, 0.2) is 22.1 Å². The first-order valence-electron chi connectivity index (χ1n) is 8.64. The summed E-state index contributed by atoms with van der Waals surface area (Å²) < 4.78 is 0. The average molecular weight is 306 g/mol. The van der Waals surface area contributed by atoms with Gasteiger partial charge in [0.2, 0.25) is 12.2 Å². The summed E-state index contributed by atoms with van der Waals surface area (Å²) in [6, 6.07) is 0. The van der Waals surface area contributed by atoms with E-state index < -0.39 is 6.17 Å². The van der Waals surface area contributed by atoms with Crippen molar-refractivity contribution in [2.24, 2.45) is 9.98 Å². The number of unbranched alkanes of at least 4 members (excludes halogenated alkanes) is 9. The highest BCUT2D eigenvalue weighted by molar-refractivity contribution is 5.36. The van der Waals surface area contributed by atoms with Crippen molar-refractivity contribution in [3.8, 4) is 0 Å². The van der Waals surface area contributed by atoms with Gasteiger partial charge in [0.1, 0.15) is 0 Å². The van der Waals surface area contributed by atoms with E-state index in [9.17, 15) is 9.59 Å². The molecule has 0 atom stereocenters. The van der Waals surface area contributed by atoms with Crippen molar-refractivity contribution in [2.75, 3.05) is 0 Å². The predicted octanol–water partition coefficient (Wildman–Crippen LogP) is 5.24. The Bertz CT molecular complexity index is 349. The molecular formula is C18H30N2O2. The zero-order chi connectivity index (χ0) is 16.3. The van der Waals surface area contributed by atoms with Crippen LogP contribution in [0.1, 0.15) is 84.0 Å². The van der Waals surface area contributed by atoms with Gasteiger partial charge in [0, 0.05) is 0 Å². The molecule has 0 fully saturated rings. The van der Waals surface area contributed by atoms with E-state index in [-0.39, 0.29) is 0 Å². The van der Waals surface area contributed by atoms with Gasteiger partial charge in [0.05, 0.1) is 0 Å². The molecule has 4 heteroatoms. The molecule has 0 aliphatic rings. The molecule has 124 valence electrons. The summed E-state index contributed by atoms with van der Waals surface area (Å²) in [5, 5.41) is 0. The zero-order valence-electron chi connectivity index (χ0n) is 13.9. The number of hydrogen-bond acceptors (Lipinski definition) is 4. The Morgan fingerprint density at radius 1 is 0.773 bits per heavy atom. The quantitative estimate of drug-likeness (QED) is 0.180. The second-order valence-corrected chi connectivity index (χ2v) is 5.59. The summed E-state index contributed by atoms with van der Waals surface area (Å²) in [5.74, 6) is 0. The van der Waals surface area contributed by atoms with Gasteiger partial charge >= 0.3 is 0 Å². The first-order valence-corrected chi connectivity index (χ1v) is 8.64. The molecule has 0 spiro atoms. The third kappa shape index (κ3) is 14.9. The van der Waals surface area contributed by atoms with Crippen LogP contribution in [-0.4, -0.2) is 18.3 Å². The number of hydrogen-bond donors (Lipinski definition) is 0. The minimum atomic E-state index is -0.581. The van der Waals surface area contributed by atoms with Crippen LogP contribution < -0.4 is 0 Å². The van der Waals surface area contributed by atoms with E-state index in [2.05, 4.69) is 29.1 Å². The average Bonchev–Trinajstić information content (AvgIpc) is 2.52. The number of allylic oxidation sites excluding steroid dienone is 2. The fourth-order valence-electron chi connectivity index (χ4n) is 2.32. The summed E-state index contributed by atoms with van der Waals surface area (Å²) in [7, 11) is 0. The number of aliphatic imine (C=N–C) groups is 2. The molecule has 0 saturated heterocycles. The molecule has 22 heavy (non-hydrogen) atoms. The molecule has 0 aliphatic heterocycles. The summed E-state index contributed by atoms with van der Waals surface area (Å²) in [5.41, 5.74) is 0. The Morgan fingerprint density at radius 2 is 1.27 bits per heavy atom. The Kier molecular flexibility index (Phi) is 16.4. The highest BCUT2D eigenvalue weighted by Crippen LogP contribution is 2.11. The fraction of sp³-hybridized carbons (Fsp3) is 0.778. The maximum absolute atomic E-state index is 10.1. The maximum atomic E-state index is 10.1. The topological polar surface area (TPSA) is 58.9 Å². The second-order valence-electron chi connectivity index (χ2n) is 5.59. The maximum Gasteiger partial charge on any atom is 0.237 e. The van der Waals surface area contributed by atoms with Crippen LogP contribution >= 0.6 is 0 Å². The van der Waals surface area contributed by atoms with Crippen molar-refractivity contribution in [2.45, 2.75) is 90.1 Å². The van der Waals surface area contributed by atoms with Gasteiger partial charge < -0.3 is 0 Å². The SMILES string of the molecule is CCCCCCC/C=C/CCCCCCC(N=C=O)N=C=O. The highest BCUT2D eigenvalue weighted by atomic mass is 16.1. The predicted molar refractivity (Wildman–Crippen MR) is 90.2 cm³/mol. The molecule has 0 saturated carbocycles. The third-order valence-corrected chi connectivity index (χ3v) is 3.63. The molecule has 0 heterocycles. The monoisotopic (exact) mass is 306 g/mol. The van der Waals surface area contributed by atoms with E-state index >= 15 is 0 Å². The highest BCUT2D eigenvalue weighted by Gasteiger charge is 2.03. The lowest BCUT2D eigenvalue weighted by Crippen LogP contribution is -1.99. The summed E-state index contributed by atoms with van der Waals surface area (Å²) >= 11 is 0. The molecule has 0 aromatic carbocycles. The van der Waals surface area contributed by atoms with Crippen molar-refractivity contribution in [1.82, 2.24) is 0 Å². The largest absolute Gasteiger partial charge is 0.237 e. The van der Waals surface area contributed by atoms with Crippen LogP contribution in [0.5, 0.6) is 0 Å². The van der Waals surface area contributed by atoms with Crippen LogP contribution in [0.25, 0.3) is 0 Å². The van der Waals surface area contributed by atoms with Gasteiger partial charge in [-0.2, -0.15) is 9.98 Å². The standard InChI is InChI=1S/C18H30N2O2/c1-2-3-4-5-6-7-8-9-10-11-12-13-14-15-18(19-16-21)20-17-22/h8-9,18H,2-7,10-15H2,1H3/b9-8+. The number of rotatable bonds is 15. The van der Waals surface area contributed by atoms with Crippen molar-refractivity contribution >= 4 is 12.2 Å². The fourth-order valence-corrected chi connectivity index (χ4v) is 2.32. The first-order chi connectivity index (χ1) is 10.8. The second kappa shape index (κ2) is 17.6. The Labute approximate surface area is 134 Å². The summed E-state index contributed by atoms with van der Waals surface area (Å²) in [4.78, 5) is 27.2. The van der Waals surface area contributed by atoms with E-state index in [4.69, 9.17) is 0 Å². The Morgan fingerprint density at radius 3 is 1.77 bits per heavy atom. The van der Waals surface area contributed by atoms with Crippen molar-refractivity contribution in [3.63, 3.8) is 0 Å². The Balaban J connectivity index is 3.38. The first kappa shape index (κ1) is 20.5. The van der Waals surface area contributed by atoms with Gasteiger partial charge in [0.25, 0.3) is 0 Å². The third-order valence-electron chi connectivity index (χ3n) is 3.63. The molecule has 0 N–H and O–H groups in total. The van der Waals surface area contributed by atoms with Gasteiger partial charge in [-0.25, -0.2) is 9.59 Å². The van der Waals surface area contributed by atoms with Crippen LogP contribution in [0.3, 0.4) is 0 Å². The number of isocyanates is 2. The van der Waals surface area contributed by atoms with E-state index in [1.54, 1.807) is 0 Å². The number of carbonyl (C=O) groups excluding carboxylic acids is 2. The smallest absolute Gasteiger partial charge is 0.211 e. The van der Waals surface area contributed by atoms with Gasteiger partial charge in [-0.15, -0.1) is 0 Å². The molecular weight excluding hydrogens is 276 g/mol. The molecule has 0 aromatic heterocycles. The molecule has 0 bridgehead atoms. The van der Waals surface area contributed by atoms with Crippen molar-refractivity contribution in [1.29, 1.82) is 0 Å². The van der Waals surface area contributed by atoms with E-state index in [0.29, 0.717) is 6.42 Å². The van der Waals surface area contributed by atoms with E-state index in [1.165, 1.54) is 57.1 Å². The van der Waals surface area contributed by atoms with Crippen LogP contribution in [0, 0.1) is 0 Å². The molecule has 0 rings (SSSR count). The molecule has 0 aromatic rings. The lowest BCUT2D eigenvalue weighted by Gasteiger charge is -2.02. The van der Waals surface area contributed by atoms with Crippen molar-refractivity contribution in [3.05, 3.63) is 12.2 Å². The normalized spacial score (nSPS) is 11.9. The molecule has 4 nitrogen and oxygen atoms in total. The zero-order valence-corrected chi connectivity index (χ0v) is 13.9. The van der Waals surface area contributed by atoms with E-state index in [1.807, 2.05) is 0 Å². The summed E-state index contributed by atoms with van der Waals surface area (Å²) in [6.45, 7) is 2.24. The molecule has 0 aliphatic carbocycles. The minimum Gasteiger partial charge on any atom is -0.211 e. The number of nitrogens with zero attached hydrogens (tertiary/aromatic N) is 2. The lowest BCUT2D eigenvalue weighted by molar-refractivity contribution is 0.525. The van der Waals surface area contributed by atoms with Crippen molar-refractivity contribution < 1.29 is 9.59 Å². The van der Waals surface area contributed by atoms with E-state index in [0.717, 1.165) is 25.7 Å². The molecule has 0 unspecified atom stereocenters. The molecule has 0 radical (unpaired) electrons. The van der Waals surface area contributed by atoms with Gasteiger partial charge in [-0.05, 0) is 38.5 Å².